The molecule has 2 aliphatic rings. The summed E-state index contributed by atoms with van der Waals surface area (Å²) in [5, 5.41) is 6.50. The largest absolute Gasteiger partial charge is 0.373 e. The molecule has 2 fully saturated rings. The lowest BCUT2D eigenvalue weighted by molar-refractivity contribution is -0.124. The lowest BCUT2D eigenvalue weighted by atomic mass is 9.84. The van der Waals surface area contributed by atoms with Crippen LogP contribution in [-0.4, -0.2) is 37.7 Å². The Bertz CT molecular complexity index is 314. The van der Waals surface area contributed by atoms with Gasteiger partial charge in [-0.25, -0.2) is 0 Å². The molecule has 1 saturated heterocycles. The summed E-state index contributed by atoms with van der Waals surface area (Å²) >= 11 is 0. The van der Waals surface area contributed by atoms with Crippen LogP contribution < -0.4 is 10.6 Å². The van der Waals surface area contributed by atoms with E-state index in [0.29, 0.717) is 18.9 Å². The molecule has 1 unspecified atom stereocenters. The Labute approximate surface area is 141 Å². The molecule has 1 heterocycles. The molecule has 22 heavy (non-hydrogen) atoms. The first kappa shape index (κ1) is 19.7. The monoisotopic (exact) mass is 332 g/mol. The van der Waals surface area contributed by atoms with Crippen LogP contribution in [0.2, 0.25) is 0 Å². The van der Waals surface area contributed by atoms with Gasteiger partial charge in [-0.3, -0.25) is 4.79 Å². The number of hydrogen-bond acceptors (Lipinski definition) is 3. The fourth-order valence-corrected chi connectivity index (χ4v) is 3.53. The molecule has 5 heteroatoms. The molecule has 0 bridgehead atoms. The van der Waals surface area contributed by atoms with E-state index in [-0.39, 0.29) is 23.9 Å². The average Bonchev–Trinajstić information content (AvgIpc) is 3.03. The van der Waals surface area contributed by atoms with Gasteiger partial charge in [0.2, 0.25) is 5.91 Å². The second-order valence-electron chi connectivity index (χ2n) is 6.77. The first-order valence-corrected chi connectivity index (χ1v) is 8.85. The van der Waals surface area contributed by atoms with E-state index in [1.165, 1.54) is 25.7 Å². The number of nitrogens with one attached hydrogen (secondary N) is 2. The SMILES string of the molecule is CCCOC1(CNC(=O)CCC2CCNC2)CCCCC1.Cl. The zero-order chi connectivity index (χ0) is 15.0. The third kappa shape index (κ3) is 6.43. The highest BCUT2D eigenvalue weighted by molar-refractivity contribution is 5.85. The zero-order valence-corrected chi connectivity index (χ0v) is 14.8. The topological polar surface area (TPSA) is 50.4 Å². The van der Waals surface area contributed by atoms with Gasteiger partial charge in [-0.1, -0.05) is 26.2 Å². The molecule has 1 saturated carbocycles. The molecule has 0 aromatic heterocycles. The van der Waals surface area contributed by atoms with E-state index in [4.69, 9.17) is 4.74 Å². The van der Waals surface area contributed by atoms with E-state index in [9.17, 15) is 4.79 Å². The second kappa shape index (κ2) is 10.5. The Balaban J connectivity index is 0.00000242. The summed E-state index contributed by atoms with van der Waals surface area (Å²) in [5.41, 5.74) is -0.0845. The second-order valence-corrected chi connectivity index (χ2v) is 6.77. The zero-order valence-electron chi connectivity index (χ0n) is 14.0. The lowest BCUT2D eigenvalue weighted by Gasteiger charge is -2.37. The Morgan fingerprint density at radius 1 is 1.32 bits per heavy atom. The summed E-state index contributed by atoms with van der Waals surface area (Å²) in [6.45, 7) is 5.85. The number of hydrogen-bond donors (Lipinski definition) is 2. The van der Waals surface area contributed by atoms with E-state index in [1.54, 1.807) is 0 Å². The normalized spacial score (nSPS) is 23.8. The van der Waals surface area contributed by atoms with Crippen LogP contribution in [0, 0.1) is 5.92 Å². The molecule has 1 amide bonds. The third-order valence-electron chi connectivity index (χ3n) is 4.93. The molecule has 130 valence electrons. The molecule has 2 rings (SSSR count). The Morgan fingerprint density at radius 2 is 2.09 bits per heavy atom. The standard InChI is InChI=1S/C17H32N2O2.ClH/c1-2-12-21-17(9-4-3-5-10-17)14-19-16(20)7-6-15-8-11-18-13-15;/h15,18H,2-14H2,1H3,(H,19,20);1H. The predicted molar refractivity (Wildman–Crippen MR) is 92.5 cm³/mol. The molecule has 0 aromatic rings. The third-order valence-corrected chi connectivity index (χ3v) is 4.93. The Kier molecular flexibility index (Phi) is 9.37. The first-order chi connectivity index (χ1) is 10.2. The van der Waals surface area contributed by atoms with Gasteiger partial charge in [0.15, 0.2) is 0 Å². The number of carbonyl (C=O) groups is 1. The highest BCUT2D eigenvalue weighted by atomic mass is 35.5. The van der Waals surface area contributed by atoms with Crippen molar-refractivity contribution in [3.05, 3.63) is 0 Å². The van der Waals surface area contributed by atoms with Gasteiger partial charge in [0.1, 0.15) is 0 Å². The fraction of sp³-hybridized carbons (Fsp3) is 0.941. The van der Waals surface area contributed by atoms with Crippen molar-refractivity contribution >= 4 is 18.3 Å². The molecule has 4 nitrogen and oxygen atoms in total. The summed E-state index contributed by atoms with van der Waals surface area (Å²) < 4.78 is 6.12. The molecular formula is C17H33ClN2O2. The van der Waals surface area contributed by atoms with Crippen LogP contribution in [0.25, 0.3) is 0 Å². The summed E-state index contributed by atoms with van der Waals surface area (Å²) in [7, 11) is 0. The molecule has 1 atom stereocenters. The molecule has 1 aliphatic carbocycles. The highest BCUT2D eigenvalue weighted by Gasteiger charge is 2.33. The average molecular weight is 333 g/mol. The molecule has 0 aromatic carbocycles. The van der Waals surface area contributed by atoms with Crippen molar-refractivity contribution in [1.29, 1.82) is 0 Å². The van der Waals surface area contributed by atoms with Crippen LogP contribution in [0.4, 0.5) is 0 Å². The predicted octanol–water partition coefficient (Wildman–Crippen LogP) is 3.04. The van der Waals surface area contributed by atoms with Gasteiger partial charge >= 0.3 is 0 Å². The van der Waals surface area contributed by atoms with Gasteiger partial charge in [0, 0.05) is 19.6 Å². The fourth-order valence-electron chi connectivity index (χ4n) is 3.53. The van der Waals surface area contributed by atoms with Crippen molar-refractivity contribution < 1.29 is 9.53 Å². The maximum atomic E-state index is 12.1. The number of rotatable bonds is 8. The van der Waals surface area contributed by atoms with Crippen molar-refractivity contribution in [3.63, 3.8) is 0 Å². The van der Waals surface area contributed by atoms with Gasteiger partial charge in [0.05, 0.1) is 5.60 Å². The van der Waals surface area contributed by atoms with Crippen molar-refractivity contribution in [2.45, 2.75) is 70.3 Å². The van der Waals surface area contributed by atoms with Gasteiger partial charge < -0.3 is 15.4 Å². The number of amides is 1. The van der Waals surface area contributed by atoms with E-state index in [1.807, 2.05) is 0 Å². The van der Waals surface area contributed by atoms with Crippen molar-refractivity contribution in [2.75, 3.05) is 26.2 Å². The molecular weight excluding hydrogens is 300 g/mol. The number of carbonyl (C=O) groups excluding carboxylic acids is 1. The number of halogens is 1. The van der Waals surface area contributed by atoms with Crippen LogP contribution >= 0.6 is 12.4 Å². The summed E-state index contributed by atoms with van der Waals surface area (Å²) in [5.74, 6) is 0.891. The van der Waals surface area contributed by atoms with E-state index in [0.717, 1.165) is 45.4 Å². The maximum absolute atomic E-state index is 12.1. The number of ether oxygens (including phenoxy) is 1. The molecule has 0 spiro atoms. The van der Waals surface area contributed by atoms with Crippen LogP contribution in [0.15, 0.2) is 0 Å². The maximum Gasteiger partial charge on any atom is 0.220 e. The van der Waals surface area contributed by atoms with Gasteiger partial charge in [-0.05, 0) is 51.1 Å². The van der Waals surface area contributed by atoms with Crippen LogP contribution in [0.5, 0.6) is 0 Å². The smallest absolute Gasteiger partial charge is 0.220 e. The minimum absolute atomic E-state index is 0. The van der Waals surface area contributed by atoms with Gasteiger partial charge in [0.25, 0.3) is 0 Å². The minimum atomic E-state index is -0.0845. The summed E-state index contributed by atoms with van der Waals surface area (Å²) in [6.07, 6.45) is 9.90. The van der Waals surface area contributed by atoms with Crippen LogP contribution in [-0.2, 0) is 9.53 Å². The van der Waals surface area contributed by atoms with Crippen LogP contribution in [0.3, 0.4) is 0 Å². The molecule has 1 aliphatic heterocycles. The Hall–Kier alpha value is -0.320. The summed E-state index contributed by atoms with van der Waals surface area (Å²) in [4.78, 5) is 12.1. The quantitative estimate of drug-likeness (QED) is 0.718. The first-order valence-electron chi connectivity index (χ1n) is 8.85. The van der Waals surface area contributed by atoms with E-state index in [2.05, 4.69) is 17.6 Å². The highest BCUT2D eigenvalue weighted by Crippen LogP contribution is 2.31. The summed E-state index contributed by atoms with van der Waals surface area (Å²) in [6, 6.07) is 0. The van der Waals surface area contributed by atoms with E-state index < -0.39 is 0 Å². The lowest BCUT2D eigenvalue weighted by Crippen LogP contribution is -2.46. The molecule has 2 N–H and O–H groups in total. The molecule has 0 radical (unpaired) electrons. The minimum Gasteiger partial charge on any atom is -0.373 e. The van der Waals surface area contributed by atoms with Crippen molar-refractivity contribution in [2.24, 2.45) is 5.92 Å². The Morgan fingerprint density at radius 3 is 2.73 bits per heavy atom. The van der Waals surface area contributed by atoms with Crippen LogP contribution in [0.1, 0.15) is 64.7 Å². The van der Waals surface area contributed by atoms with E-state index >= 15 is 0 Å². The van der Waals surface area contributed by atoms with Crippen molar-refractivity contribution in [3.8, 4) is 0 Å². The van der Waals surface area contributed by atoms with Gasteiger partial charge in [-0.2, -0.15) is 0 Å². The van der Waals surface area contributed by atoms with Crippen molar-refractivity contribution in [1.82, 2.24) is 10.6 Å². The van der Waals surface area contributed by atoms with Gasteiger partial charge in [-0.15, -0.1) is 12.4 Å².